The van der Waals surface area contributed by atoms with E-state index in [1.807, 2.05) is 48.5 Å². The van der Waals surface area contributed by atoms with Crippen molar-refractivity contribution < 1.29 is 23.1 Å². The van der Waals surface area contributed by atoms with E-state index in [2.05, 4.69) is 0 Å². The van der Waals surface area contributed by atoms with Gasteiger partial charge in [0, 0.05) is 0 Å². The second kappa shape index (κ2) is 7.68. The zero-order chi connectivity index (χ0) is 16.9. The largest absolute Gasteiger partial charge is 0.680 e. The third-order valence-electron chi connectivity index (χ3n) is 4.17. The van der Waals surface area contributed by atoms with Crippen LogP contribution in [0.4, 0.5) is 4.32 Å². The Hall–Kier alpha value is -2.05. The highest BCUT2D eigenvalue weighted by Gasteiger charge is 2.40. The second-order valence-electron chi connectivity index (χ2n) is 5.73. The minimum Gasteiger partial charge on any atom is -0.497 e. The van der Waals surface area contributed by atoms with Crippen molar-refractivity contribution in [2.75, 3.05) is 14.2 Å². The standard InChI is InChI=1S/C18H20BFO4/c1-21-15-7-3-13(4-8-15)11-17-18(24-19(20)23-17)12-14-5-9-16(22-2)10-6-14/h3-10,17-18H,11-12H2,1-2H3/t17-,18-/m0/s1. The summed E-state index contributed by atoms with van der Waals surface area (Å²) in [5.74, 6) is 1.58. The highest BCUT2D eigenvalue weighted by molar-refractivity contribution is 6.36. The van der Waals surface area contributed by atoms with Gasteiger partial charge in [0.1, 0.15) is 11.5 Å². The number of ether oxygens (including phenoxy) is 2. The summed E-state index contributed by atoms with van der Waals surface area (Å²) in [5, 5.41) is 0. The first-order valence-electron chi connectivity index (χ1n) is 7.89. The summed E-state index contributed by atoms with van der Waals surface area (Å²) in [5.41, 5.74) is 2.11. The van der Waals surface area contributed by atoms with Gasteiger partial charge in [0.2, 0.25) is 0 Å². The highest BCUT2D eigenvalue weighted by atomic mass is 19.1. The Morgan fingerprint density at radius 3 is 1.50 bits per heavy atom. The minimum atomic E-state index is -1.67. The normalized spacial score (nSPS) is 20.2. The molecule has 0 spiro atoms. The Morgan fingerprint density at radius 1 is 0.792 bits per heavy atom. The molecule has 0 bridgehead atoms. The maximum atomic E-state index is 13.6. The predicted molar refractivity (Wildman–Crippen MR) is 90.0 cm³/mol. The quantitative estimate of drug-likeness (QED) is 0.762. The van der Waals surface area contributed by atoms with E-state index < -0.39 is 7.40 Å². The van der Waals surface area contributed by atoms with E-state index >= 15 is 0 Å². The van der Waals surface area contributed by atoms with Crippen LogP contribution >= 0.6 is 0 Å². The van der Waals surface area contributed by atoms with Crippen molar-refractivity contribution in [1.82, 2.24) is 0 Å². The molecule has 0 radical (unpaired) electrons. The van der Waals surface area contributed by atoms with E-state index in [4.69, 9.17) is 18.8 Å². The Balaban J connectivity index is 1.66. The predicted octanol–water partition coefficient (Wildman–Crippen LogP) is 3.23. The van der Waals surface area contributed by atoms with Crippen molar-refractivity contribution in [2.45, 2.75) is 25.0 Å². The minimum absolute atomic E-state index is 0.324. The number of hydrogen-bond donors (Lipinski definition) is 0. The summed E-state index contributed by atoms with van der Waals surface area (Å²) in [7, 11) is 1.58. The average Bonchev–Trinajstić information content (AvgIpc) is 2.95. The van der Waals surface area contributed by atoms with Crippen molar-refractivity contribution in [1.29, 1.82) is 0 Å². The third kappa shape index (κ3) is 4.07. The van der Waals surface area contributed by atoms with Gasteiger partial charge in [0.05, 0.1) is 26.4 Å². The molecule has 1 aliphatic rings. The van der Waals surface area contributed by atoms with E-state index in [-0.39, 0.29) is 12.2 Å². The van der Waals surface area contributed by atoms with E-state index in [9.17, 15) is 4.32 Å². The van der Waals surface area contributed by atoms with Gasteiger partial charge in [0.15, 0.2) is 0 Å². The van der Waals surface area contributed by atoms with Crippen molar-refractivity contribution in [3.8, 4) is 11.5 Å². The van der Waals surface area contributed by atoms with Gasteiger partial charge in [-0.15, -0.1) is 0 Å². The topological polar surface area (TPSA) is 36.9 Å². The van der Waals surface area contributed by atoms with E-state index in [1.165, 1.54) is 0 Å². The summed E-state index contributed by atoms with van der Waals surface area (Å²) in [6.45, 7) is 0. The molecule has 0 saturated carbocycles. The Morgan fingerprint density at radius 2 is 1.17 bits per heavy atom. The maximum absolute atomic E-state index is 13.6. The second-order valence-corrected chi connectivity index (χ2v) is 5.73. The summed E-state index contributed by atoms with van der Waals surface area (Å²) < 4.78 is 34.5. The molecule has 0 amide bonds. The molecule has 1 saturated heterocycles. The third-order valence-corrected chi connectivity index (χ3v) is 4.17. The van der Waals surface area contributed by atoms with Crippen LogP contribution in [0.2, 0.25) is 0 Å². The SMILES string of the molecule is COc1ccc(C[C@@H]2OB(F)O[C@H]2Cc2ccc(OC)cc2)cc1. The van der Waals surface area contributed by atoms with Gasteiger partial charge in [-0.05, 0) is 48.2 Å². The zero-order valence-corrected chi connectivity index (χ0v) is 13.8. The summed E-state index contributed by atoms with van der Waals surface area (Å²) in [6.07, 6.45) is 0.530. The van der Waals surface area contributed by atoms with Crippen LogP contribution in [-0.4, -0.2) is 33.8 Å². The smallest absolute Gasteiger partial charge is 0.497 e. The molecule has 2 aromatic carbocycles. The van der Waals surface area contributed by atoms with E-state index in [0.29, 0.717) is 12.8 Å². The van der Waals surface area contributed by atoms with Gasteiger partial charge < -0.3 is 18.8 Å². The Bertz CT molecular complexity index is 590. The first kappa shape index (κ1) is 16.8. The van der Waals surface area contributed by atoms with Gasteiger partial charge in [-0.25, -0.2) is 0 Å². The molecule has 2 atom stereocenters. The van der Waals surface area contributed by atoms with Crippen molar-refractivity contribution in [2.24, 2.45) is 0 Å². The summed E-state index contributed by atoms with van der Waals surface area (Å²) >= 11 is 0. The van der Waals surface area contributed by atoms with E-state index in [0.717, 1.165) is 22.6 Å². The molecule has 0 N–H and O–H groups in total. The molecule has 0 aromatic heterocycles. The molecular formula is C18H20BFO4. The molecule has 0 aliphatic carbocycles. The lowest BCUT2D eigenvalue weighted by atomic mass is 9.98. The zero-order valence-electron chi connectivity index (χ0n) is 13.8. The van der Waals surface area contributed by atoms with Gasteiger partial charge in [0.25, 0.3) is 0 Å². The Kier molecular flexibility index (Phi) is 5.38. The van der Waals surface area contributed by atoms with Gasteiger partial charge in [-0.1, -0.05) is 24.3 Å². The molecular weight excluding hydrogens is 310 g/mol. The van der Waals surface area contributed by atoms with Crippen molar-refractivity contribution in [3.05, 3.63) is 59.7 Å². The summed E-state index contributed by atoms with van der Waals surface area (Å²) in [6, 6.07) is 15.4. The van der Waals surface area contributed by atoms with Gasteiger partial charge in [-0.2, -0.15) is 0 Å². The van der Waals surface area contributed by atoms with Crippen LogP contribution < -0.4 is 9.47 Å². The molecule has 6 heteroatoms. The Labute approximate surface area is 141 Å². The molecule has 3 rings (SSSR count). The fourth-order valence-corrected chi connectivity index (χ4v) is 2.83. The lowest BCUT2D eigenvalue weighted by Gasteiger charge is -2.18. The van der Waals surface area contributed by atoms with Crippen LogP contribution in [0.15, 0.2) is 48.5 Å². The summed E-state index contributed by atoms with van der Waals surface area (Å²) in [4.78, 5) is 0. The number of rotatable bonds is 6. The van der Waals surface area contributed by atoms with Gasteiger partial charge >= 0.3 is 7.40 Å². The van der Waals surface area contributed by atoms with Crippen LogP contribution in [0.1, 0.15) is 11.1 Å². The van der Waals surface area contributed by atoms with Crippen molar-refractivity contribution in [3.63, 3.8) is 0 Å². The number of halogens is 1. The maximum Gasteiger partial charge on any atom is 0.680 e. The highest BCUT2D eigenvalue weighted by Crippen LogP contribution is 2.25. The van der Waals surface area contributed by atoms with Crippen LogP contribution in [0, 0.1) is 0 Å². The lowest BCUT2D eigenvalue weighted by Crippen LogP contribution is -2.27. The molecule has 4 nitrogen and oxygen atoms in total. The number of methoxy groups -OCH3 is 2. The average molecular weight is 330 g/mol. The molecule has 24 heavy (non-hydrogen) atoms. The molecule has 0 unspecified atom stereocenters. The fraction of sp³-hybridized carbons (Fsp3) is 0.333. The first-order valence-corrected chi connectivity index (χ1v) is 7.89. The first-order chi connectivity index (χ1) is 11.7. The molecule has 1 fully saturated rings. The van der Waals surface area contributed by atoms with Gasteiger partial charge in [-0.3, -0.25) is 4.32 Å². The molecule has 1 aliphatic heterocycles. The fourth-order valence-electron chi connectivity index (χ4n) is 2.83. The monoisotopic (exact) mass is 330 g/mol. The van der Waals surface area contributed by atoms with E-state index in [1.54, 1.807) is 14.2 Å². The number of hydrogen-bond acceptors (Lipinski definition) is 4. The van der Waals surface area contributed by atoms with Crippen LogP contribution in [-0.2, 0) is 22.2 Å². The van der Waals surface area contributed by atoms with Crippen LogP contribution in [0.25, 0.3) is 0 Å². The van der Waals surface area contributed by atoms with Crippen LogP contribution in [0.5, 0.6) is 11.5 Å². The van der Waals surface area contributed by atoms with Crippen LogP contribution in [0.3, 0.4) is 0 Å². The lowest BCUT2D eigenvalue weighted by molar-refractivity contribution is 0.155. The van der Waals surface area contributed by atoms with Crippen molar-refractivity contribution >= 4 is 7.40 Å². The molecule has 126 valence electrons. The molecule has 2 aromatic rings. The molecule has 1 heterocycles. The number of benzene rings is 2.